The van der Waals surface area contributed by atoms with Crippen LogP contribution in [0.4, 0.5) is 0 Å². The van der Waals surface area contributed by atoms with Crippen molar-refractivity contribution in [3.63, 3.8) is 0 Å². The molecule has 3 rings (SSSR count). The van der Waals surface area contributed by atoms with E-state index in [4.69, 9.17) is 11.6 Å². The lowest BCUT2D eigenvalue weighted by Crippen LogP contribution is -2.31. The van der Waals surface area contributed by atoms with Crippen LogP contribution in [0.3, 0.4) is 0 Å². The molecule has 0 aliphatic rings. The number of benzene rings is 2. The van der Waals surface area contributed by atoms with Crippen LogP contribution in [0.5, 0.6) is 0 Å². The summed E-state index contributed by atoms with van der Waals surface area (Å²) in [6.45, 7) is 2.85. The van der Waals surface area contributed by atoms with E-state index >= 15 is 0 Å². The van der Waals surface area contributed by atoms with Crippen LogP contribution in [-0.2, 0) is 17.9 Å². The molecule has 1 N–H and O–H groups in total. The van der Waals surface area contributed by atoms with E-state index in [0.29, 0.717) is 17.3 Å². The smallest absolute Gasteiger partial charge is 0.294 e. The molecule has 3 aromatic rings. The third-order valence-corrected chi connectivity index (χ3v) is 4.36. The highest BCUT2D eigenvalue weighted by Gasteiger charge is 2.19. The maximum absolute atomic E-state index is 12.5. The van der Waals surface area contributed by atoms with E-state index in [-0.39, 0.29) is 6.54 Å². The number of carbonyl (C=O) groups excluding carboxylic acids is 2. The number of hydrogen-bond donors (Lipinski definition) is 1. The van der Waals surface area contributed by atoms with Gasteiger partial charge in [-0.15, -0.1) is 0 Å². The number of ketones is 1. The Labute approximate surface area is 157 Å². The van der Waals surface area contributed by atoms with Crippen LogP contribution >= 0.6 is 11.6 Å². The molecule has 1 aromatic heterocycles. The predicted octanol–water partition coefficient (Wildman–Crippen LogP) is 4.00. The number of aromatic nitrogens is 1. The first kappa shape index (κ1) is 18.0. The van der Waals surface area contributed by atoms with Gasteiger partial charge < -0.3 is 9.88 Å². The van der Waals surface area contributed by atoms with Gasteiger partial charge in [0.1, 0.15) is 0 Å². The van der Waals surface area contributed by atoms with Crippen molar-refractivity contribution < 1.29 is 9.59 Å². The molecule has 0 fully saturated rings. The van der Waals surface area contributed by atoms with Crippen LogP contribution in [0.2, 0.25) is 5.02 Å². The van der Waals surface area contributed by atoms with E-state index in [1.54, 1.807) is 35.0 Å². The highest BCUT2D eigenvalue weighted by Crippen LogP contribution is 2.11. The summed E-state index contributed by atoms with van der Waals surface area (Å²) in [5.74, 6) is -1.17. The minimum atomic E-state index is -0.621. The topological polar surface area (TPSA) is 51.1 Å². The number of rotatable bonds is 6. The van der Waals surface area contributed by atoms with Gasteiger partial charge in [-0.1, -0.05) is 53.6 Å². The largest absolute Gasteiger partial charge is 0.345 e. The summed E-state index contributed by atoms with van der Waals surface area (Å²) in [5, 5.41) is 3.29. The normalized spacial score (nSPS) is 10.5. The van der Waals surface area contributed by atoms with Crippen molar-refractivity contribution >= 4 is 23.3 Å². The van der Waals surface area contributed by atoms with Crippen molar-refractivity contribution in [2.75, 3.05) is 0 Å². The van der Waals surface area contributed by atoms with Gasteiger partial charge in [0.05, 0.1) is 5.69 Å². The maximum atomic E-state index is 12.5. The van der Waals surface area contributed by atoms with Crippen molar-refractivity contribution in [2.24, 2.45) is 0 Å². The fraction of sp³-hybridized carbons (Fsp3) is 0.143. The number of halogens is 1. The van der Waals surface area contributed by atoms with Gasteiger partial charge in [-0.3, -0.25) is 9.59 Å². The van der Waals surface area contributed by atoms with Crippen molar-refractivity contribution in [3.05, 3.63) is 94.3 Å². The third kappa shape index (κ3) is 4.41. The van der Waals surface area contributed by atoms with Crippen molar-refractivity contribution in [1.29, 1.82) is 0 Å². The Morgan fingerprint density at radius 2 is 1.62 bits per heavy atom. The number of nitrogens with zero attached hydrogens (tertiary/aromatic N) is 1. The van der Waals surface area contributed by atoms with E-state index in [1.807, 2.05) is 43.3 Å². The van der Waals surface area contributed by atoms with E-state index in [9.17, 15) is 9.59 Å². The lowest BCUT2D eigenvalue weighted by Gasteiger charge is -2.09. The molecule has 0 saturated carbocycles. The molecule has 0 unspecified atom stereocenters. The van der Waals surface area contributed by atoms with Crippen molar-refractivity contribution in [1.82, 2.24) is 9.88 Å². The first-order valence-corrected chi connectivity index (χ1v) is 8.68. The molecule has 4 nitrogen and oxygen atoms in total. The van der Waals surface area contributed by atoms with E-state index < -0.39 is 11.7 Å². The Morgan fingerprint density at radius 3 is 2.31 bits per heavy atom. The van der Waals surface area contributed by atoms with Gasteiger partial charge in [-0.05, 0) is 42.3 Å². The Bertz CT molecular complexity index is 912. The summed E-state index contributed by atoms with van der Waals surface area (Å²) in [6, 6.07) is 18.6. The molecule has 2 aromatic carbocycles. The van der Waals surface area contributed by atoms with Crippen LogP contribution in [0.25, 0.3) is 0 Å². The average molecular weight is 367 g/mol. The maximum Gasteiger partial charge on any atom is 0.294 e. The number of amides is 1. The predicted molar refractivity (Wildman–Crippen MR) is 102 cm³/mol. The molecule has 0 aliphatic heterocycles. The highest BCUT2D eigenvalue weighted by atomic mass is 35.5. The molecule has 26 heavy (non-hydrogen) atoms. The van der Waals surface area contributed by atoms with Crippen LogP contribution in [-0.4, -0.2) is 16.3 Å². The summed E-state index contributed by atoms with van der Waals surface area (Å²) in [6.07, 6.45) is 1.81. The van der Waals surface area contributed by atoms with Crippen molar-refractivity contribution in [2.45, 2.75) is 20.0 Å². The molecular weight excluding hydrogens is 348 g/mol. The summed E-state index contributed by atoms with van der Waals surface area (Å²) >= 11 is 5.84. The fourth-order valence-corrected chi connectivity index (χ4v) is 2.76. The van der Waals surface area contributed by atoms with Gasteiger partial charge in [0.15, 0.2) is 0 Å². The van der Waals surface area contributed by atoms with E-state index in [0.717, 1.165) is 11.1 Å². The second-order valence-electron chi connectivity index (χ2n) is 6.15. The Kier molecular flexibility index (Phi) is 5.54. The van der Waals surface area contributed by atoms with Crippen molar-refractivity contribution in [3.8, 4) is 0 Å². The Hall–Kier alpha value is -2.85. The van der Waals surface area contributed by atoms with Crippen LogP contribution in [0, 0.1) is 6.92 Å². The number of hydrogen-bond acceptors (Lipinski definition) is 2. The molecular formula is C21H19ClN2O2. The summed E-state index contributed by atoms with van der Waals surface area (Å²) in [5.41, 5.74) is 3.51. The van der Waals surface area contributed by atoms with Gasteiger partial charge in [0.2, 0.25) is 0 Å². The second-order valence-corrected chi connectivity index (χ2v) is 6.58. The van der Waals surface area contributed by atoms with Crippen LogP contribution in [0.15, 0.2) is 66.9 Å². The zero-order chi connectivity index (χ0) is 18.5. The molecule has 0 radical (unpaired) electrons. The zero-order valence-electron chi connectivity index (χ0n) is 14.4. The first-order chi connectivity index (χ1) is 12.5. The van der Waals surface area contributed by atoms with Gasteiger partial charge in [0, 0.05) is 24.3 Å². The highest BCUT2D eigenvalue weighted by molar-refractivity contribution is 6.42. The monoisotopic (exact) mass is 366 g/mol. The number of aryl methyl sites for hydroxylation is 1. The Morgan fingerprint density at radius 1 is 0.962 bits per heavy atom. The van der Waals surface area contributed by atoms with E-state index in [1.165, 1.54) is 5.56 Å². The SMILES string of the molecule is Cc1ccc(Cn2cccc2C(=O)C(=O)NCc2ccc(Cl)cc2)cc1. The first-order valence-electron chi connectivity index (χ1n) is 8.30. The van der Waals surface area contributed by atoms with Gasteiger partial charge >= 0.3 is 0 Å². The van der Waals surface area contributed by atoms with Crippen LogP contribution in [0.1, 0.15) is 27.2 Å². The van der Waals surface area contributed by atoms with E-state index in [2.05, 4.69) is 5.32 Å². The standard InChI is InChI=1S/C21H19ClN2O2/c1-15-4-6-17(7-5-15)14-24-12-2-3-19(24)20(25)21(26)23-13-16-8-10-18(22)11-9-16/h2-12H,13-14H2,1H3,(H,23,26). The molecule has 5 heteroatoms. The molecule has 0 aliphatic carbocycles. The Balaban J connectivity index is 1.65. The number of carbonyl (C=O) groups is 2. The lowest BCUT2D eigenvalue weighted by molar-refractivity contribution is -0.117. The second kappa shape index (κ2) is 8.02. The van der Waals surface area contributed by atoms with Gasteiger partial charge in [-0.2, -0.15) is 0 Å². The quantitative estimate of drug-likeness (QED) is 0.529. The van der Waals surface area contributed by atoms with Gasteiger partial charge in [0.25, 0.3) is 11.7 Å². The minimum Gasteiger partial charge on any atom is -0.345 e. The molecule has 1 heterocycles. The summed E-state index contributed by atoms with van der Waals surface area (Å²) in [7, 11) is 0. The molecule has 0 spiro atoms. The molecule has 1 amide bonds. The number of Topliss-reactive ketones (excluding diaryl/α,β-unsaturated/α-hetero) is 1. The van der Waals surface area contributed by atoms with Crippen LogP contribution < -0.4 is 5.32 Å². The summed E-state index contributed by atoms with van der Waals surface area (Å²) in [4.78, 5) is 24.7. The number of nitrogens with one attached hydrogen (secondary N) is 1. The average Bonchev–Trinajstić information content (AvgIpc) is 3.10. The minimum absolute atomic E-state index is 0.278. The zero-order valence-corrected chi connectivity index (χ0v) is 15.2. The molecule has 0 bridgehead atoms. The fourth-order valence-electron chi connectivity index (χ4n) is 2.63. The molecule has 0 atom stereocenters. The lowest BCUT2D eigenvalue weighted by atomic mass is 10.1. The molecule has 132 valence electrons. The summed E-state index contributed by atoms with van der Waals surface area (Å²) < 4.78 is 1.79. The third-order valence-electron chi connectivity index (χ3n) is 4.11. The molecule has 0 saturated heterocycles. The van der Waals surface area contributed by atoms with Gasteiger partial charge in [-0.25, -0.2) is 0 Å².